The number of aromatic nitrogens is 1. The summed E-state index contributed by atoms with van der Waals surface area (Å²) >= 11 is 0. The van der Waals surface area contributed by atoms with Gasteiger partial charge in [-0.1, -0.05) is 18.2 Å². The van der Waals surface area contributed by atoms with Crippen LogP contribution in [-0.4, -0.2) is 17.2 Å². The zero-order valence-corrected chi connectivity index (χ0v) is 11.9. The van der Waals surface area contributed by atoms with Crippen LogP contribution in [0.4, 0.5) is 4.39 Å². The number of benzene rings is 1. The fourth-order valence-electron chi connectivity index (χ4n) is 2.25. The fraction of sp³-hybridized carbons (Fsp3) is 0.312. The summed E-state index contributed by atoms with van der Waals surface area (Å²) in [7, 11) is 1.42. The van der Waals surface area contributed by atoms with E-state index in [2.05, 4.69) is 4.98 Å². The molecule has 2 rings (SSSR count). The molecule has 0 saturated carbocycles. The van der Waals surface area contributed by atoms with Gasteiger partial charge in [0.25, 0.3) is 0 Å². The first kappa shape index (κ1) is 14.5. The van der Waals surface area contributed by atoms with Crippen molar-refractivity contribution in [2.24, 2.45) is 0 Å². The zero-order valence-electron chi connectivity index (χ0n) is 11.9. The summed E-state index contributed by atoms with van der Waals surface area (Å²) in [5.74, 6) is -0.248. The molecule has 0 spiro atoms. The number of pyridine rings is 1. The average molecular weight is 275 g/mol. The molecule has 1 aromatic heterocycles. The molecule has 1 N–H and O–H groups in total. The van der Waals surface area contributed by atoms with Crippen LogP contribution in [0.1, 0.15) is 28.5 Å². The topological polar surface area (TPSA) is 42.4 Å². The van der Waals surface area contributed by atoms with Crippen LogP contribution in [0.25, 0.3) is 0 Å². The highest BCUT2D eigenvalue weighted by atomic mass is 19.1. The Morgan fingerprint density at radius 3 is 2.75 bits per heavy atom. The first-order chi connectivity index (χ1) is 9.52. The van der Waals surface area contributed by atoms with Gasteiger partial charge in [-0.15, -0.1) is 0 Å². The van der Waals surface area contributed by atoms with E-state index in [-0.39, 0.29) is 12.2 Å². The summed E-state index contributed by atoms with van der Waals surface area (Å²) in [5.41, 5.74) is 2.93. The molecule has 0 fully saturated rings. The second-order valence-electron chi connectivity index (χ2n) is 4.87. The highest BCUT2D eigenvalue weighted by Gasteiger charge is 2.17. The van der Waals surface area contributed by atoms with Crippen LogP contribution in [0.15, 0.2) is 30.5 Å². The molecule has 4 heteroatoms. The normalized spacial score (nSPS) is 12.2. The molecule has 1 aromatic carbocycles. The molecule has 0 aliphatic carbocycles. The highest BCUT2D eigenvalue weighted by Crippen LogP contribution is 2.25. The monoisotopic (exact) mass is 275 g/mol. The van der Waals surface area contributed by atoms with Gasteiger partial charge in [0.05, 0.1) is 12.8 Å². The van der Waals surface area contributed by atoms with Crippen LogP contribution >= 0.6 is 0 Å². The van der Waals surface area contributed by atoms with Crippen LogP contribution in [0.2, 0.25) is 0 Å². The number of nitrogens with zero attached hydrogens (tertiary/aromatic N) is 1. The Labute approximate surface area is 118 Å². The SMILES string of the molecule is COc1cccc(CC(O)c2ncc(C)cc2C)c1F. The lowest BCUT2D eigenvalue weighted by Crippen LogP contribution is -2.08. The Morgan fingerprint density at radius 2 is 2.10 bits per heavy atom. The molecule has 1 heterocycles. The Balaban J connectivity index is 2.25. The van der Waals surface area contributed by atoms with Crippen LogP contribution in [-0.2, 0) is 6.42 Å². The molecule has 1 unspecified atom stereocenters. The Hall–Kier alpha value is -1.94. The van der Waals surface area contributed by atoms with E-state index in [0.717, 1.165) is 11.1 Å². The molecule has 1 atom stereocenters. The summed E-state index contributed by atoms with van der Waals surface area (Å²) in [6.45, 7) is 3.83. The number of hydrogen-bond acceptors (Lipinski definition) is 3. The van der Waals surface area contributed by atoms with Gasteiger partial charge in [-0.05, 0) is 36.6 Å². The van der Waals surface area contributed by atoms with Crippen LogP contribution < -0.4 is 4.74 Å². The maximum atomic E-state index is 14.1. The number of aryl methyl sites for hydroxylation is 2. The standard InChI is InChI=1S/C16H18FNO2/c1-10-7-11(2)16(18-9-10)13(19)8-12-5-4-6-14(20-3)15(12)17/h4-7,9,13,19H,8H2,1-3H3. The van der Waals surface area contributed by atoms with Gasteiger partial charge in [-0.25, -0.2) is 4.39 Å². The predicted molar refractivity (Wildman–Crippen MR) is 75.3 cm³/mol. The smallest absolute Gasteiger partial charge is 0.168 e. The number of halogens is 1. The molecule has 20 heavy (non-hydrogen) atoms. The number of hydrogen-bond donors (Lipinski definition) is 1. The Kier molecular flexibility index (Phi) is 4.35. The lowest BCUT2D eigenvalue weighted by atomic mass is 10.0. The third-order valence-electron chi connectivity index (χ3n) is 3.25. The van der Waals surface area contributed by atoms with Gasteiger partial charge in [-0.3, -0.25) is 4.98 Å². The van der Waals surface area contributed by atoms with Gasteiger partial charge in [0, 0.05) is 12.6 Å². The molecular formula is C16H18FNO2. The van der Waals surface area contributed by atoms with E-state index in [9.17, 15) is 9.50 Å². The maximum absolute atomic E-state index is 14.1. The summed E-state index contributed by atoms with van der Waals surface area (Å²) in [4.78, 5) is 4.24. The minimum atomic E-state index is -0.836. The number of aliphatic hydroxyl groups is 1. The second-order valence-corrected chi connectivity index (χ2v) is 4.87. The van der Waals surface area contributed by atoms with E-state index in [1.807, 2.05) is 19.9 Å². The summed E-state index contributed by atoms with van der Waals surface area (Å²) in [6.07, 6.45) is 1.03. The Bertz CT molecular complexity index is 613. The van der Waals surface area contributed by atoms with Crippen molar-refractivity contribution in [1.29, 1.82) is 0 Å². The molecule has 0 aliphatic heterocycles. The van der Waals surface area contributed by atoms with Crippen molar-refractivity contribution in [3.63, 3.8) is 0 Å². The van der Waals surface area contributed by atoms with Gasteiger partial charge < -0.3 is 9.84 Å². The lowest BCUT2D eigenvalue weighted by Gasteiger charge is -2.14. The second kappa shape index (κ2) is 6.01. The largest absolute Gasteiger partial charge is 0.494 e. The van der Waals surface area contributed by atoms with Gasteiger partial charge in [0.15, 0.2) is 11.6 Å². The molecule has 0 radical (unpaired) electrons. The van der Waals surface area contributed by atoms with E-state index in [1.54, 1.807) is 24.4 Å². The summed E-state index contributed by atoms with van der Waals surface area (Å²) in [5, 5.41) is 10.3. The van der Waals surface area contributed by atoms with Gasteiger partial charge >= 0.3 is 0 Å². The van der Waals surface area contributed by atoms with Crippen molar-refractivity contribution in [2.45, 2.75) is 26.4 Å². The molecule has 0 saturated heterocycles. The van der Waals surface area contributed by atoms with Crippen molar-refractivity contribution in [3.05, 3.63) is 58.7 Å². The van der Waals surface area contributed by atoms with E-state index >= 15 is 0 Å². The van der Waals surface area contributed by atoms with Gasteiger partial charge in [0.2, 0.25) is 0 Å². The molecule has 0 aliphatic rings. The number of rotatable bonds is 4. The quantitative estimate of drug-likeness (QED) is 0.932. The molecular weight excluding hydrogens is 257 g/mol. The van der Waals surface area contributed by atoms with Crippen LogP contribution in [0, 0.1) is 19.7 Å². The Morgan fingerprint density at radius 1 is 1.35 bits per heavy atom. The number of aliphatic hydroxyl groups excluding tert-OH is 1. The highest BCUT2D eigenvalue weighted by molar-refractivity contribution is 5.33. The number of ether oxygens (including phenoxy) is 1. The van der Waals surface area contributed by atoms with Crippen molar-refractivity contribution < 1.29 is 14.2 Å². The maximum Gasteiger partial charge on any atom is 0.168 e. The first-order valence-electron chi connectivity index (χ1n) is 6.45. The molecule has 2 aromatic rings. The van der Waals surface area contributed by atoms with Gasteiger partial charge in [-0.2, -0.15) is 0 Å². The van der Waals surface area contributed by atoms with E-state index < -0.39 is 11.9 Å². The molecule has 0 amide bonds. The minimum Gasteiger partial charge on any atom is -0.494 e. The zero-order chi connectivity index (χ0) is 14.7. The summed E-state index contributed by atoms with van der Waals surface area (Å²) in [6, 6.07) is 6.86. The minimum absolute atomic E-state index is 0.167. The van der Waals surface area contributed by atoms with Crippen LogP contribution in [0.5, 0.6) is 5.75 Å². The lowest BCUT2D eigenvalue weighted by molar-refractivity contribution is 0.171. The molecule has 0 bridgehead atoms. The molecule has 106 valence electrons. The fourth-order valence-corrected chi connectivity index (χ4v) is 2.25. The predicted octanol–water partition coefficient (Wildman–Crippen LogP) is 3.12. The third-order valence-corrected chi connectivity index (χ3v) is 3.25. The van der Waals surface area contributed by atoms with Gasteiger partial charge in [0.1, 0.15) is 6.10 Å². The van der Waals surface area contributed by atoms with Crippen molar-refractivity contribution in [2.75, 3.05) is 7.11 Å². The van der Waals surface area contributed by atoms with E-state index in [1.165, 1.54) is 7.11 Å². The van der Waals surface area contributed by atoms with Crippen molar-refractivity contribution in [3.8, 4) is 5.75 Å². The van der Waals surface area contributed by atoms with Crippen molar-refractivity contribution in [1.82, 2.24) is 4.98 Å². The van der Waals surface area contributed by atoms with E-state index in [4.69, 9.17) is 4.74 Å². The first-order valence-corrected chi connectivity index (χ1v) is 6.45. The molecule has 3 nitrogen and oxygen atoms in total. The van der Waals surface area contributed by atoms with Crippen LogP contribution in [0.3, 0.4) is 0 Å². The number of methoxy groups -OCH3 is 1. The third kappa shape index (κ3) is 2.96. The van der Waals surface area contributed by atoms with Crippen molar-refractivity contribution >= 4 is 0 Å². The summed E-state index contributed by atoms with van der Waals surface area (Å²) < 4.78 is 19.0. The van der Waals surface area contributed by atoms with E-state index in [0.29, 0.717) is 11.3 Å². The average Bonchev–Trinajstić information content (AvgIpc) is 2.41.